The van der Waals surface area contributed by atoms with Crippen LogP contribution in [0, 0.1) is 0 Å². The molecule has 3 nitrogen and oxygen atoms in total. The molecule has 100 valence electrons. The highest BCUT2D eigenvalue weighted by Gasteiger charge is 2.20. The molecule has 0 radical (unpaired) electrons. The number of hydrogen-bond acceptors (Lipinski definition) is 3. The summed E-state index contributed by atoms with van der Waals surface area (Å²) in [4.78, 5) is 20.3. The van der Waals surface area contributed by atoms with Crippen molar-refractivity contribution in [1.82, 2.24) is 9.97 Å². The van der Waals surface area contributed by atoms with Crippen LogP contribution in [0.1, 0.15) is 37.3 Å². The van der Waals surface area contributed by atoms with Crippen molar-refractivity contribution in [2.45, 2.75) is 31.6 Å². The highest BCUT2D eigenvalue weighted by molar-refractivity contribution is 9.13. The number of halogens is 2. The number of nitrogens with one attached hydrogen (secondary N) is 1. The van der Waals surface area contributed by atoms with E-state index in [0.717, 1.165) is 31.7 Å². The zero-order chi connectivity index (χ0) is 13.4. The van der Waals surface area contributed by atoms with Crippen molar-refractivity contribution in [3.63, 3.8) is 0 Å². The Bertz CT molecular complexity index is 639. The number of nitrogens with zero attached hydrogens (tertiary/aromatic N) is 1. The summed E-state index contributed by atoms with van der Waals surface area (Å²) in [6.07, 6.45) is 4.77. The molecule has 2 heterocycles. The lowest BCUT2D eigenvalue weighted by atomic mass is 10.0. The lowest BCUT2D eigenvalue weighted by Gasteiger charge is -2.08. The Labute approximate surface area is 131 Å². The summed E-state index contributed by atoms with van der Waals surface area (Å²) >= 11 is 8.49. The summed E-state index contributed by atoms with van der Waals surface area (Å²) in [6.45, 7) is 0. The van der Waals surface area contributed by atoms with Gasteiger partial charge in [-0.3, -0.25) is 4.79 Å². The number of aromatic amines is 1. The molecule has 1 aliphatic rings. The van der Waals surface area contributed by atoms with Crippen molar-refractivity contribution in [3.05, 3.63) is 36.4 Å². The first kappa shape index (κ1) is 13.5. The van der Waals surface area contributed by atoms with Crippen LogP contribution in [0.25, 0.3) is 10.7 Å². The first-order valence-corrected chi connectivity index (χ1v) is 8.60. The van der Waals surface area contributed by atoms with Crippen molar-refractivity contribution in [2.24, 2.45) is 0 Å². The standard InChI is InChI=1S/C13H12Br2N2OS/c14-8-5-10(19-12(8)15)13-16-9(6-11(18)17-13)7-3-1-2-4-7/h5-7H,1-4H2,(H,16,17,18). The van der Waals surface area contributed by atoms with Crippen molar-refractivity contribution < 1.29 is 0 Å². The van der Waals surface area contributed by atoms with Gasteiger partial charge in [-0.2, -0.15) is 0 Å². The normalized spacial score (nSPS) is 16.1. The van der Waals surface area contributed by atoms with Crippen molar-refractivity contribution in [2.75, 3.05) is 0 Å². The minimum atomic E-state index is -0.0625. The van der Waals surface area contributed by atoms with Crippen LogP contribution < -0.4 is 5.56 Å². The van der Waals surface area contributed by atoms with E-state index < -0.39 is 0 Å². The van der Waals surface area contributed by atoms with E-state index >= 15 is 0 Å². The monoisotopic (exact) mass is 402 g/mol. The van der Waals surface area contributed by atoms with Gasteiger partial charge in [-0.25, -0.2) is 4.98 Å². The quantitative estimate of drug-likeness (QED) is 0.790. The van der Waals surface area contributed by atoms with Crippen molar-refractivity contribution >= 4 is 43.2 Å². The molecule has 2 aromatic rings. The van der Waals surface area contributed by atoms with E-state index in [1.165, 1.54) is 12.8 Å². The second-order valence-electron chi connectivity index (χ2n) is 4.73. The Morgan fingerprint density at radius 2 is 2.00 bits per heavy atom. The highest BCUT2D eigenvalue weighted by Crippen LogP contribution is 2.38. The average Bonchev–Trinajstić information content (AvgIpc) is 3.00. The SMILES string of the molecule is O=c1cc(C2CCCC2)nc(-c2cc(Br)c(Br)s2)[nH]1. The van der Waals surface area contributed by atoms with Gasteiger partial charge in [0.2, 0.25) is 0 Å². The first-order valence-electron chi connectivity index (χ1n) is 6.20. The van der Waals surface area contributed by atoms with Crippen LogP contribution in [0.5, 0.6) is 0 Å². The Kier molecular flexibility index (Phi) is 3.91. The molecule has 0 aliphatic heterocycles. The molecule has 0 bridgehead atoms. The van der Waals surface area contributed by atoms with E-state index in [2.05, 4.69) is 41.8 Å². The molecule has 0 saturated heterocycles. The summed E-state index contributed by atoms with van der Waals surface area (Å²) in [5, 5.41) is 0. The van der Waals surface area contributed by atoms with Crippen LogP contribution in [-0.2, 0) is 0 Å². The summed E-state index contributed by atoms with van der Waals surface area (Å²) in [5.74, 6) is 1.12. The van der Waals surface area contributed by atoms with Crippen LogP contribution in [-0.4, -0.2) is 9.97 Å². The van der Waals surface area contributed by atoms with Crippen LogP contribution in [0.15, 0.2) is 25.2 Å². The molecule has 3 rings (SSSR count). The molecule has 1 N–H and O–H groups in total. The third kappa shape index (κ3) is 2.85. The lowest BCUT2D eigenvalue weighted by Crippen LogP contribution is -2.11. The fraction of sp³-hybridized carbons (Fsp3) is 0.385. The molecule has 0 aromatic carbocycles. The smallest absolute Gasteiger partial charge is 0.251 e. The molecule has 0 atom stereocenters. The number of rotatable bonds is 2. The molecule has 1 fully saturated rings. The highest BCUT2D eigenvalue weighted by atomic mass is 79.9. The number of aromatic nitrogens is 2. The van der Waals surface area contributed by atoms with Gasteiger partial charge in [0.25, 0.3) is 5.56 Å². The molecule has 0 amide bonds. The Hall–Kier alpha value is -0.460. The predicted octanol–water partition coefficient (Wildman–Crippen LogP) is 4.68. The zero-order valence-corrected chi connectivity index (χ0v) is 14.1. The third-order valence-electron chi connectivity index (χ3n) is 3.41. The summed E-state index contributed by atoms with van der Waals surface area (Å²) in [7, 11) is 0. The van der Waals surface area contributed by atoms with Crippen LogP contribution >= 0.6 is 43.2 Å². The van der Waals surface area contributed by atoms with Crippen molar-refractivity contribution in [1.29, 1.82) is 0 Å². The van der Waals surface area contributed by atoms with Crippen LogP contribution in [0.2, 0.25) is 0 Å². The lowest BCUT2D eigenvalue weighted by molar-refractivity contribution is 0.693. The summed E-state index contributed by atoms with van der Waals surface area (Å²) in [6, 6.07) is 3.63. The molecule has 0 spiro atoms. The third-order valence-corrected chi connectivity index (χ3v) is 6.68. The number of hydrogen-bond donors (Lipinski definition) is 1. The molecule has 19 heavy (non-hydrogen) atoms. The second kappa shape index (κ2) is 5.50. The molecular formula is C13H12Br2N2OS. The van der Waals surface area contributed by atoms with E-state index in [1.54, 1.807) is 17.4 Å². The van der Waals surface area contributed by atoms with Crippen molar-refractivity contribution in [3.8, 4) is 10.7 Å². The molecule has 6 heteroatoms. The van der Waals surface area contributed by atoms with E-state index in [4.69, 9.17) is 0 Å². The van der Waals surface area contributed by atoms with Gasteiger partial charge in [0.15, 0.2) is 5.82 Å². The fourth-order valence-electron chi connectivity index (χ4n) is 2.49. The van der Waals surface area contributed by atoms with Gasteiger partial charge in [-0.1, -0.05) is 12.8 Å². The second-order valence-corrected chi connectivity index (χ2v) is 7.96. The maximum Gasteiger partial charge on any atom is 0.251 e. The van der Waals surface area contributed by atoms with Crippen LogP contribution in [0.4, 0.5) is 0 Å². The van der Waals surface area contributed by atoms with E-state index in [0.29, 0.717) is 11.7 Å². The summed E-state index contributed by atoms with van der Waals surface area (Å²) < 4.78 is 2.00. The predicted molar refractivity (Wildman–Crippen MR) is 84.8 cm³/mol. The van der Waals surface area contributed by atoms with Gasteiger partial charge in [0.1, 0.15) is 0 Å². The minimum absolute atomic E-state index is 0.0625. The molecule has 0 unspecified atom stereocenters. The zero-order valence-electron chi connectivity index (χ0n) is 10.1. The molecule has 1 aliphatic carbocycles. The van der Waals surface area contributed by atoms with Gasteiger partial charge in [-0.05, 0) is 50.8 Å². The number of thiophene rings is 1. The van der Waals surface area contributed by atoms with E-state index in [1.807, 2.05) is 6.07 Å². The van der Waals surface area contributed by atoms with Crippen LogP contribution in [0.3, 0.4) is 0 Å². The van der Waals surface area contributed by atoms with Gasteiger partial charge < -0.3 is 4.98 Å². The topological polar surface area (TPSA) is 45.8 Å². The number of H-pyrrole nitrogens is 1. The Morgan fingerprint density at radius 1 is 1.26 bits per heavy atom. The first-order chi connectivity index (χ1) is 9.13. The molecule has 1 saturated carbocycles. The fourth-order valence-corrected chi connectivity index (χ4v) is 4.47. The molecular weight excluding hydrogens is 392 g/mol. The van der Waals surface area contributed by atoms with Gasteiger partial charge in [-0.15, -0.1) is 11.3 Å². The van der Waals surface area contributed by atoms with Gasteiger partial charge in [0, 0.05) is 16.5 Å². The minimum Gasteiger partial charge on any atom is -0.306 e. The van der Waals surface area contributed by atoms with Gasteiger partial charge in [0.05, 0.1) is 14.4 Å². The Morgan fingerprint density at radius 3 is 2.63 bits per heavy atom. The van der Waals surface area contributed by atoms with E-state index in [9.17, 15) is 4.79 Å². The molecule has 2 aromatic heterocycles. The van der Waals surface area contributed by atoms with E-state index in [-0.39, 0.29) is 5.56 Å². The van der Waals surface area contributed by atoms with Gasteiger partial charge >= 0.3 is 0 Å². The summed E-state index contributed by atoms with van der Waals surface area (Å²) in [5.41, 5.74) is 0.879. The largest absolute Gasteiger partial charge is 0.306 e. The maximum atomic E-state index is 11.8. The maximum absolute atomic E-state index is 11.8. The Balaban J connectivity index is 2.04. The average molecular weight is 404 g/mol.